The van der Waals surface area contributed by atoms with Crippen molar-refractivity contribution in [2.45, 2.75) is 13.3 Å². The molecule has 0 saturated carbocycles. The van der Waals surface area contributed by atoms with E-state index in [4.69, 9.17) is 5.10 Å². The molecule has 2 aromatic carbocycles. The van der Waals surface area contributed by atoms with E-state index in [-0.39, 0.29) is 0 Å². The van der Waals surface area contributed by atoms with E-state index in [2.05, 4.69) is 60.5 Å². The lowest BCUT2D eigenvalue weighted by atomic mass is 9.99. The molecule has 0 amide bonds. The predicted molar refractivity (Wildman–Crippen MR) is 76.1 cm³/mol. The van der Waals surface area contributed by atoms with Crippen molar-refractivity contribution in [1.82, 2.24) is 0 Å². The highest BCUT2D eigenvalue weighted by Gasteiger charge is 2.18. The van der Waals surface area contributed by atoms with Gasteiger partial charge in [-0.25, -0.2) is 0 Å². The molecule has 0 atom stereocenters. The van der Waals surface area contributed by atoms with Crippen LogP contribution in [0.3, 0.4) is 0 Å². The van der Waals surface area contributed by atoms with Gasteiger partial charge in [-0.15, -0.1) is 0 Å². The van der Waals surface area contributed by atoms with Crippen LogP contribution in [0.2, 0.25) is 0 Å². The Hall–Kier alpha value is -2.09. The first-order valence-corrected chi connectivity index (χ1v) is 6.37. The Bertz CT molecular complexity index is 573. The molecular formula is C16H16N2. The standard InChI is InChI=1S/C16H16N2/c1-2-18-16-11-7-6-10-14(16)12-15(17-18)13-8-4-3-5-9-13/h3-11H,2,12H2,1H3. The summed E-state index contributed by atoms with van der Waals surface area (Å²) in [7, 11) is 0. The lowest BCUT2D eigenvalue weighted by Gasteiger charge is -2.27. The van der Waals surface area contributed by atoms with Gasteiger partial charge in [0.25, 0.3) is 0 Å². The number of para-hydroxylation sites is 1. The molecular weight excluding hydrogens is 220 g/mol. The van der Waals surface area contributed by atoms with Crippen molar-refractivity contribution in [3.05, 3.63) is 65.7 Å². The number of nitrogens with zero attached hydrogens (tertiary/aromatic N) is 2. The lowest BCUT2D eigenvalue weighted by Crippen LogP contribution is -2.25. The van der Waals surface area contributed by atoms with Gasteiger partial charge in [0.1, 0.15) is 0 Å². The Balaban J connectivity index is 2.03. The highest BCUT2D eigenvalue weighted by atomic mass is 15.5. The van der Waals surface area contributed by atoms with Gasteiger partial charge >= 0.3 is 0 Å². The molecule has 0 fully saturated rings. The first kappa shape index (κ1) is 11.0. The fraction of sp³-hybridized carbons (Fsp3) is 0.188. The summed E-state index contributed by atoms with van der Waals surface area (Å²) in [4.78, 5) is 0. The number of benzene rings is 2. The van der Waals surface area contributed by atoms with Crippen LogP contribution >= 0.6 is 0 Å². The third-order valence-corrected chi connectivity index (χ3v) is 3.28. The molecule has 3 rings (SSSR count). The zero-order chi connectivity index (χ0) is 12.4. The molecule has 1 heterocycles. The van der Waals surface area contributed by atoms with Gasteiger partial charge in [-0.3, -0.25) is 5.01 Å². The fourth-order valence-corrected chi connectivity index (χ4v) is 2.36. The lowest BCUT2D eigenvalue weighted by molar-refractivity contribution is 0.865. The molecule has 2 aromatic rings. The number of anilines is 1. The van der Waals surface area contributed by atoms with Gasteiger partial charge < -0.3 is 0 Å². The molecule has 90 valence electrons. The van der Waals surface area contributed by atoms with E-state index in [1.54, 1.807) is 0 Å². The molecule has 1 aliphatic rings. The zero-order valence-corrected chi connectivity index (χ0v) is 10.5. The molecule has 2 heteroatoms. The van der Waals surface area contributed by atoms with Crippen molar-refractivity contribution in [2.24, 2.45) is 5.10 Å². The molecule has 0 radical (unpaired) electrons. The van der Waals surface area contributed by atoms with Crippen molar-refractivity contribution < 1.29 is 0 Å². The molecule has 0 saturated heterocycles. The van der Waals surface area contributed by atoms with E-state index in [1.807, 2.05) is 6.07 Å². The Kier molecular flexibility index (Phi) is 2.85. The highest BCUT2D eigenvalue weighted by Crippen LogP contribution is 2.27. The van der Waals surface area contributed by atoms with Crippen molar-refractivity contribution >= 4 is 11.4 Å². The van der Waals surface area contributed by atoms with E-state index < -0.39 is 0 Å². The number of hydrogen-bond acceptors (Lipinski definition) is 2. The largest absolute Gasteiger partial charge is 0.265 e. The SMILES string of the molecule is CCN1N=C(c2ccccc2)Cc2ccccc21. The van der Waals surface area contributed by atoms with Crippen LogP contribution in [0.5, 0.6) is 0 Å². The smallest absolute Gasteiger partial charge is 0.0726 e. The van der Waals surface area contributed by atoms with Crippen molar-refractivity contribution in [3.63, 3.8) is 0 Å². The van der Waals surface area contributed by atoms with E-state index in [0.29, 0.717) is 0 Å². The minimum Gasteiger partial charge on any atom is -0.265 e. The third kappa shape index (κ3) is 1.90. The summed E-state index contributed by atoms with van der Waals surface area (Å²) in [5.74, 6) is 0. The van der Waals surface area contributed by atoms with Crippen LogP contribution in [0.25, 0.3) is 0 Å². The maximum atomic E-state index is 4.76. The van der Waals surface area contributed by atoms with Gasteiger partial charge in [0.05, 0.1) is 11.4 Å². The van der Waals surface area contributed by atoms with Crippen LogP contribution in [-0.2, 0) is 6.42 Å². The molecule has 2 nitrogen and oxygen atoms in total. The number of hydrogen-bond donors (Lipinski definition) is 0. The van der Waals surface area contributed by atoms with Gasteiger partial charge in [-0.1, -0.05) is 48.5 Å². The van der Waals surface area contributed by atoms with Gasteiger partial charge in [-0.05, 0) is 24.1 Å². The summed E-state index contributed by atoms with van der Waals surface area (Å²) in [6.07, 6.45) is 0.913. The molecule has 0 spiro atoms. The minimum atomic E-state index is 0.896. The third-order valence-electron chi connectivity index (χ3n) is 3.28. The van der Waals surface area contributed by atoms with Crippen LogP contribution in [0.15, 0.2) is 59.7 Å². The molecule has 0 unspecified atom stereocenters. The van der Waals surface area contributed by atoms with Crippen molar-refractivity contribution in [3.8, 4) is 0 Å². The molecule has 0 aromatic heterocycles. The van der Waals surface area contributed by atoms with E-state index >= 15 is 0 Å². The van der Waals surface area contributed by atoms with Crippen LogP contribution in [0.1, 0.15) is 18.1 Å². The Morgan fingerprint density at radius 1 is 1.00 bits per heavy atom. The van der Waals surface area contributed by atoms with Crippen molar-refractivity contribution in [2.75, 3.05) is 11.6 Å². The maximum absolute atomic E-state index is 4.76. The molecule has 18 heavy (non-hydrogen) atoms. The average Bonchev–Trinajstić information content (AvgIpc) is 2.47. The summed E-state index contributed by atoms with van der Waals surface area (Å²) in [5.41, 5.74) is 4.95. The second kappa shape index (κ2) is 4.65. The van der Waals surface area contributed by atoms with Crippen molar-refractivity contribution in [1.29, 1.82) is 0 Å². The average molecular weight is 236 g/mol. The van der Waals surface area contributed by atoms with Crippen LogP contribution in [-0.4, -0.2) is 12.3 Å². The predicted octanol–water partition coefficient (Wildman–Crippen LogP) is 3.47. The Morgan fingerprint density at radius 3 is 2.50 bits per heavy atom. The first-order chi connectivity index (χ1) is 8.88. The number of fused-ring (bicyclic) bond motifs is 1. The van der Waals surface area contributed by atoms with Gasteiger partial charge in [0.15, 0.2) is 0 Å². The van der Waals surface area contributed by atoms with E-state index in [0.717, 1.165) is 18.7 Å². The Labute approximate surface area is 108 Å². The summed E-state index contributed by atoms with van der Waals surface area (Å²) in [6, 6.07) is 18.9. The van der Waals surface area contributed by atoms with Gasteiger partial charge in [0, 0.05) is 13.0 Å². The van der Waals surface area contributed by atoms with Gasteiger partial charge in [-0.2, -0.15) is 5.10 Å². The maximum Gasteiger partial charge on any atom is 0.0726 e. The second-order valence-corrected chi connectivity index (χ2v) is 4.43. The quantitative estimate of drug-likeness (QED) is 0.779. The highest BCUT2D eigenvalue weighted by molar-refractivity contribution is 6.04. The summed E-state index contributed by atoms with van der Waals surface area (Å²) < 4.78 is 0. The fourth-order valence-electron chi connectivity index (χ4n) is 2.36. The molecule has 0 aliphatic carbocycles. The molecule has 1 aliphatic heterocycles. The Morgan fingerprint density at radius 2 is 1.72 bits per heavy atom. The summed E-state index contributed by atoms with van der Waals surface area (Å²) in [6.45, 7) is 3.03. The van der Waals surface area contributed by atoms with Crippen LogP contribution in [0.4, 0.5) is 5.69 Å². The van der Waals surface area contributed by atoms with E-state index in [9.17, 15) is 0 Å². The molecule has 0 bridgehead atoms. The summed E-state index contributed by atoms with van der Waals surface area (Å²) in [5, 5.41) is 6.85. The van der Waals surface area contributed by atoms with Crippen LogP contribution in [0, 0.1) is 0 Å². The van der Waals surface area contributed by atoms with Crippen LogP contribution < -0.4 is 5.01 Å². The second-order valence-electron chi connectivity index (χ2n) is 4.43. The van der Waals surface area contributed by atoms with Gasteiger partial charge in [0.2, 0.25) is 0 Å². The number of rotatable bonds is 2. The zero-order valence-electron chi connectivity index (χ0n) is 10.5. The molecule has 0 N–H and O–H groups in total. The minimum absolute atomic E-state index is 0.896. The monoisotopic (exact) mass is 236 g/mol. The topological polar surface area (TPSA) is 15.6 Å². The summed E-state index contributed by atoms with van der Waals surface area (Å²) >= 11 is 0. The number of hydrazone groups is 1. The first-order valence-electron chi connectivity index (χ1n) is 6.37. The van der Waals surface area contributed by atoms with E-state index in [1.165, 1.54) is 16.8 Å². The normalized spacial score (nSPS) is 14.1.